The number of ketones is 2. The Morgan fingerprint density at radius 2 is 1.84 bits per heavy atom. The predicted octanol–water partition coefficient (Wildman–Crippen LogP) is 3.53. The highest BCUT2D eigenvalue weighted by Crippen LogP contribution is 2.23. The van der Waals surface area contributed by atoms with Crippen LogP contribution in [0, 0.1) is 0 Å². The maximum atomic E-state index is 12.0. The van der Waals surface area contributed by atoms with Gasteiger partial charge in [-0.05, 0) is 31.5 Å². The minimum atomic E-state index is -0.180. The van der Waals surface area contributed by atoms with Gasteiger partial charge in [-0.15, -0.1) is 0 Å². The van der Waals surface area contributed by atoms with E-state index in [-0.39, 0.29) is 29.3 Å². The van der Waals surface area contributed by atoms with Gasteiger partial charge in [0.05, 0.1) is 5.56 Å². The molecule has 0 atom stereocenters. The highest BCUT2D eigenvalue weighted by atomic mass is 16.3. The normalized spacial score (nSPS) is 10.6. The van der Waals surface area contributed by atoms with Gasteiger partial charge in [0, 0.05) is 12.8 Å². The van der Waals surface area contributed by atoms with Crippen LogP contribution < -0.4 is 0 Å². The van der Waals surface area contributed by atoms with Crippen molar-refractivity contribution >= 4 is 17.1 Å². The maximum absolute atomic E-state index is 12.0. The molecule has 0 saturated heterocycles. The van der Waals surface area contributed by atoms with Crippen molar-refractivity contribution in [1.82, 2.24) is 0 Å². The first-order valence-corrected chi connectivity index (χ1v) is 6.08. The molecule has 0 bridgehead atoms. The molecule has 0 aliphatic rings. The van der Waals surface area contributed by atoms with Crippen LogP contribution in [0.15, 0.2) is 36.9 Å². The van der Waals surface area contributed by atoms with Gasteiger partial charge in [-0.25, -0.2) is 0 Å². The molecule has 0 spiro atoms. The van der Waals surface area contributed by atoms with Crippen molar-refractivity contribution in [3.8, 4) is 5.75 Å². The molecular formula is C16H18O3. The number of hydrogen-bond donors (Lipinski definition) is 1. The fourth-order valence-corrected chi connectivity index (χ4v) is 1.57. The van der Waals surface area contributed by atoms with Crippen LogP contribution in [-0.2, 0) is 4.79 Å². The number of carbonyl (C=O) groups is 2. The van der Waals surface area contributed by atoms with Crippen LogP contribution in [0.2, 0.25) is 0 Å². The number of benzene rings is 1. The van der Waals surface area contributed by atoms with Crippen molar-refractivity contribution in [2.45, 2.75) is 26.7 Å². The lowest BCUT2D eigenvalue weighted by Crippen LogP contribution is -1.99. The molecule has 0 radical (unpaired) electrons. The first-order chi connectivity index (χ1) is 8.91. The van der Waals surface area contributed by atoms with Gasteiger partial charge in [-0.2, -0.15) is 0 Å². The van der Waals surface area contributed by atoms with E-state index in [0.717, 1.165) is 11.1 Å². The minimum Gasteiger partial charge on any atom is -0.507 e. The van der Waals surface area contributed by atoms with Crippen molar-refractivity contribution in [2.24, 2.45) is 0 Å². The summed E-state index contributed by atoms with van der Waals surface area (Å²) in [5, 5.41) is 9.70. The molecule has 1 rings (SSSR count). The Kier molecular flexibility index (Phi) is 5.24. The van der Waals surface area contributed by atoms with E-state index < -0.39 is 0 Å². The number of phenols is 1. The molecule has 0 unspecified atom stereocenters. The van der Waals surface area contributed by atoms with E-state index >= 15 is 0 Å². The number of allylic oxidation sites excluding steroid dienone is 3. The monoisotopic (exact) mass is 258 g/mol. The fourth-order valence-electron chi connectivity index (χ4n) is 1.57. The number of aromatic hydroxyl groups is 1. The highest BCUT2D eigenvalue weighted by molar-refractivity contribution is 6.00. The minimum absolute atomic E-state index is 0.0324. The average molecular weight is 258 g/mol. The van der Waals surface area contributed by atoms with Crippen LogP contribution in [0.4, 0.5) is 0 Å². The molecule has 19 heavy (non-hydrogen) atoms. The molecule has 0 amide bonds. The number of carbonyl (C=O) groups excluding carboxylic acids is 2. The van der Waals surface area contributed by atoms with Crippen molar-refractivity contribution in [1.29, 1.82) is 0 Å². The Labute approximate surface area is 113 Å². The first kappa shape index (κ1) is 14.9. The first-order valence-electron chi connectivity index (χ1n) is 6.08. The lowest BCUT2D eigenvalue weighted by atomic mass is 10.0. The second kappa shape index (κ2) is 6.69. The third-order valence-corrected chi connectivity index (χ3v) is 2.66. The van der Waals surface area contributed by atoms with Crippen LogP contribution in [0.1, 0.15) is 42.6 Å². The summed E-state index contributed by atoms with van der Waals surface area (Å²) in [6, 6.07) is 4.86. The predicted molar refractivity (Wildman–Crippen MR) is 76.2 cm³/mol. The lowest BCUT2D eigenvalue weighted by molar-refractivity contribution is -0.116. The van der Waals surface area contributed by atoms with Crippen LogP contribution >= 0.6 is 0 Å². The average Bonchev–Trinajstić information content (AvgIpc) is 2.34. The van der Waals surface area contributed by atoms with E-state index in [1.807, 2.05) is 6.92 Å². The summed E-state index contributed by atoms with van der Waals surface area (Å²) < 4.78 is 0. The smallest absolute Gasteiger partial charge is 0.170 e. The van der Waals surface area contributed by atoms with Crippen molar-refractivity contribution < 1.29 is 14.7 Å². The molecule has 0 heterocycles. The summed E-state index contributed by atoms with van der Waals surface area (Å²) >= 11 is 0. The van der Waals surface area contributed by atoms with Crippen LogP contribution in [0.25, 0.3) is 5.57 Å². The lowest BCUT2D eigenvalue weighted by Gasteiger charge is -2.05. The van der Waals surface area contributed by atoms with Gasteiger partial charge in [0.1, 0.15) is 11.5 Å². The molecule has 0 aliphatic carbocycles. The van der Waals surface area contributed by atoms with Crippen molar-refractivity contribution in [3.05, 3.63) is 48.1 Å². The molecule has 3 heteroatoms. The van der Waals surface area contributed by atoms with Crippen LogP contribution in [-0.4, -0.2) is 16.7 Å². The fraction of sp³-hybridized carbons (Fsp3) is 0.250. The van der Waals surface area contributed by atoms with E-state index in [1.54, 1.807) is 24.3 Å². The van der Waals surface area contributed by atoms with E-state index in [2.05, 4.69) is 6.58 Å². The molecule has 1 aromatic carbocycles. The number of rotatable bonds is 6. The SMILES string of the molecule is C=C(C)c1ccc(O)c(C(=O)C/C=C/CC(C)=O)c1. The summed E-state index contributed by atoms with van der Waals surface area (Å²) in [7, 11) is 0. The number of hydrogen-bond acceptors (Lipinski definition) is 3. The number of Topliss-reactive ketones (excluding diaryl/α,β-unsaturated/α-hetero) is 2. The van der Waals surface area contributed by atoms with E-state index in [1.165, 1.54) is 13.0 Å². The van der Waals surface area contributed by atoms with Crippen LogP contribution in [0.3, 0.4) is 0 Å². The van der Waals surface area contributed by atoms with Crippen molar-refractivity contribution in [3.63, 3.8) is 0 Å². The van der Waals surface area contributed by atoms with Gasteiger partial charge in [-0.3, -0.25) is 9.59 Å². The summed E-state index contributed by atoms with van der Waals surface area (Å²) in [5.41, 5.74) is 1.95. The topological polar surface area (TPSA) is 54.4 Å². The molecular weight excluding hydrogens is 240 g/mol. The Morgan fingerprint density at radius 3 is 2.42 bits per heavy atom. The van der Waals surface area contributed by atoms with Gasteiger partial charge >= 0.3 is 0 Å². The Bertz CT molecular complexity index is 539. The maximum Gasteiger partial charge on any atom is 0.170 e. The van der Waals surface area contributed by atoms with E-state index in [0.29, 0.717) is 6.42 Å². The summed E-state index contributed by atoms with van der Waals surface area (Å²) in [5.74, 6) is -0.161. The zero-order valence-corrected chi connectivity index (χ0v) is 11.3. The number of phenolic OH excluding ortho intramolecular Hbond substituents is 1. The van der Waals surface area contributed by atoms with Gasteiger partial charge < -0.3 is 5.11 Å². The summed E-state index contributed by atoms with van der Waals surface area (Å²) in [6.07, 6.45) is 3.81. The van der Waals surface area contributed by atoms with E-state index in [9.17, 15) is 14.7 Å². The molecule has 0 saturated carbocycles. The Balaban J connectivity index is 2.81. The Morgan fingerprint density at radius 1 is 1.21 bits per heavy atom. The van der Waals surface area contributed by atoms with Gasteiger partial charge in [0.25, 0.3) is 0 Å². The molecule has 0 fully saturated rings. The molecule has 3 nitrogen and oxygen atoms in total. The molecule has 100 valence electrons. The second-order valence-electron chi connectivity index (χ2n) is 4.52. The van der Waals surface area contributed by atoms with Gasteiger partial charge in [-0.1, -0.05) is 30.4 Å². The van der Waals surface area contributed by atoms with Crippen molar-refractivity contribution in [2.75, 3.05) is 0 Å². The highest BCUT2D eigenvalue weighted by Gasteiger charge is 2.10. The van der Waals surface area contributed by atoms with Crippen LogP contribution in [0.5, 0.6) is 5.75 Å². The van der Waals surface area contributed by atoms with Gasteiger partial charge in [0.15, 0.2) is 5.78 Å². The zero-order chi connectivity index (χ0) is 14.4. The summed E-state index contributed by atoms with van der Waals surface area (Å²) in [4.78, 5) is 22.7. The third-order valence-electron chi connectivity index (χ3n) is 2.66. The molecule has 1 N–H and O–H groups in total. The molecule has 0 aromatic heterocycles. The summed E-state index contributed by atoms with van der Waals surface area (Å²) in [6.45, 7) is 7.14. The molecule has 0 aliphatic heterocycles. The standard InChI is InChI=1S/C16H18O3/c1-11(2)13-8-9-16(19)14(10-13)15(18)7-5-4-6-12(3)17/h4-5,8-10,19H,1,6-7H2,2-3H3/b5-4+. The third kappa shape index (κ3) is 4.54. The molecule has 1 aromatic rings. The van der Waals surface area contributed by atoms with E-state index in [4.69, 9.17) is 0 Å². The quantitative estimate of drug-likeness (QED) is 0.627. The Hall–Kier alpha value is -2.16. The second-order valence-corrected chi connectivity index (χ2v) is 4.52. The zero-order valence-electron chi connectivity index (χ0n) is 11.3. The largest absolute Gasteiger partial charge is 0.507 e. The van der Waals surface area contributed by atoms with Gasteiger partial charge in [0.2, 0.25) is 0 Å².